The van der Waals surface area contributed by atoms with Crippen molar-refractivity contribution in [2.24, 2.45) is 0 Å². The molecule has 2 rings (SSSR count). The molecule has 174 valence electrons. The molecule has 0 spiro atoms. The van der Waals surface area contributed by atoms with Crippen molar-refractivity contribution in [3.05, 3.63) is 63.9 Å². The van der Waals surface area contributed by atoms with Gasteiger partial charge in [0.15, 0.2) is 0 Å². The van der Waals surface area contributed by atoms with Crippen molar-refractivity contribution < 1.29 is 22.4 Å². The molecule has 1 N–H and O–H groups in total. The summed E-state index contributed by atoms with van der Waals surface area (Å²) in [6, 6.07) is 9.01. The van der Waals surface area contributed by atoms with Crippen molar-refractivity contribution in [3.63, 3.8) is 0 Å². The predicted molar refractivity (Wildman–Crippen MR) is 124 cm³/mol. The third-order valence-electron chi connectivity index (χ3n) is 4.63. The second kappa shape index (κ2) is 11.0. The molecule has 7 nitrogen and oxygen atoms in total. The largest absolute Gasteiger partial charge is 0.355 e. The van der Waals surface area contributed by atoms with Gasteiger partial charge in [-0.1, -0.05) is 41.4 Å². The molecular weight excluding hydrogens is 480 g/mol. The van der Waals surface area contributed by atoms with Gasteiger partial charge in [0.25, 0.3) is 0 Å². The molecule has 1 atom stereocenters. The van der Waals surface area contributed by atoms with Crippen LogP contribution in [0.5, 0.6) is 0 Å². The quantitative estimate of drug-likeness (QED) is 0.567. The average molecular weight is 504 g/mol. The molecule has 0 radical (unpaired) electrons. The highest BCUT2D eigenvalue weighted by Crippen LogP contribution is 2.27. The maximum absolute atomic E-state index is 14.3. The van der Waals surface area contributed by atoms with Crippen LogP contribution in [0.15, 0.2) is 42.5 Å². The van der Waals surface area contributed by atoms with Crippen LogP contribution in [0.1, 0.15) is 19.4 Å². The fourth-order valence-electron chi connectivity index (χ4n) is 3.01. The summed E-state index contributed by atoms with van der Waals surface area (Å²) in [7, 11) is -3.92. The van der Waals surface area contributed by atoms with Crippen molar-refractivity contribution >= 4 is 50.7 Å². The van der Waals surface area contributed by atoms with Crippen LogP contribution >= 0.6 is 23.2 Å². The summed E-state index contributed by atoms with van der Waals surface area (Å²) in [5, 5.41) is 2.99. The number of nitrogens with zero attached hydrogens (tertiary/aromatic N) is 2. The van der Waals surface area contributed by atoms with E-state index in [-0.39, 0.29) is 27.8 Å². The fraction of sp³-hybridized carbons (Fsp3) is 0.333. The molecule has 2 aromatic rings. The Labute approximate surface area is 197 Å². The molecule has 2 amide bonds. The summed E-state index contributed by atoms with van der Waals surface area (Å²) in [6.07, 6.45) is 0.934. The molecule has 0 aliphatic heterocycles. The summed E-state index contributed by atoms with van der Waals surface area (Å²) >= 11 is 12.0. The molecule has 0 saturated heterocycles. The number of rotatable bonds is 9. The Morgan fingerprint density at radius 2 is 1.72 bits per heavy atom. The van der Waals surface area contributed by atoms with Crippen LogP contribution in [-0.4, -0.2) is 50.5 Å². The number of sulfonamides is 1. The van der Waals surface area contributed by atoms with Gasteiger partial charge in [-0.25, -0.2) is 12.8 Å². The Kier molecular flexibility index (Phi) is 8.89. The van der Waals surface area contributed by atoms with Gasteiger partial charge in [0.2, 0.25) is 21.8 Å². The monoisotopic (exact) mass is 503 g/mol. The van der Waals surface area contributed by atoms with Gasteiger partial charge in [0.05, 0.1) is 11.9 Å². The molecule has 0 aromatic heterocycles. The van der Waals surface area contributed by atoms with E-state index in [1.165, 1.54) is 43.3 Å². The summed E-state index contributed by atoms with van der Waals surface area (Å²) in [5.41, 5.74) is 0.281. The molecule has 0 heterocycles. The topological polar surface area (TPSA) is 86.8 Å². The minimum absolute atomic E-state index is 0.0925. The number of halogens is 3. The average Bonchev–Trinajstić information content (AvgIpc) is 2.69. The minimum Gasteiger partial charge on any atom is -0.355 e. The molecular formula is C21H24Cl2FN3O4S. The van der Waals surface area contributed by atoms with E-state index >= 15 is 0 Å². The van der Waals surface area contributed by atoms with Gasteiger partial charge in [0, 0.05) is 28.7 Å². The zero-order valence-corrected chi connectivity index (χ0v) is 20.1. The van der Waals surface area contributed by atoms with Crippen molar-refractivity contribution in [1.82, 2.24) is 10.2 Å². The normalized spacial score (nSPS) is 12.2. The van der Waals surface area contributed by atoms with Crippen LogP contribution in [0.4, 0.5) is 10.1 Å². The lowest BCUT2D eigenvalue weighted by atomic mass is 10.1. The molecule has 11 heteroatoms. The standard InChI is InChI=1S/C21H24Cl2FN3O4S/c1-4-25-21(29)14(2)26(12-15-7-5-6-8-19(15)24)20(28)13-27(32(3,30)31)18-10-16(22)9-17(23)11-18/h5-11,14H,4,12-13H2,1-3H3,(H,25,29). The maximum Gasteiger partial charge on any atom is 0.244 e. The van der Waals surface area contributed by atoms with E-state index in [1.54, 1.807) is 13.0 Å². The maximum atomic E-state index is 14.3. The van der Waals surface area contributed by atoms with Crippen molar-refractivity contribution in [3.8, 4) is 0 Å². The highest BCUT2D eigenvalue weighted by Gasteiger charge is 2.30. The van der Waals surface area contributed by atoms with Crippen LogP contribution in [0.25, 0.3) is 0 Å². The van der Waals surface area contributed by atoms with Gasteiger partial charge < -0.3 is 10.2 Å². The number of anilines is 1. The van der Waals surface area contributed by atoms with Crippen molar-refractivity contribution in [2.75, 3.05) is 23.7 Å². The highest BCUT2D eigenvalue weighted by molar-refractivity contribution is 7.92. The van der Waals surface area contributed by atoms with Crippen molar-refractivity contribution in [1.29, 1.82) is 0 Å². The second-order valence-corrected chi connectivity index (χ2v) is 9.86. The third-order valence-corrected chi connectivity index (χ3v) is 6.21. The number of nitrogens with one attached hydrogen (secondary N) is 1. The summed E-state index contributed by atoms with van der Waals surface area (Å²) in [5.74, 6) is -1.70. The van der Waals surface area contributed by atoms with Crippen LogP contribution in [0.2, 0.25) is 10.0 Å². The van der Waals surface area contributed by atoms with Gasteiger partial charge in [0.1, 0.15) is 18.4 Å². The van der Waals surface area contributed by atoms with E-state index < -0.39 is 40.2 Å². The number of likely N-dealkylation sites (N-methyl/N-ethyl adjacent to an activating group) is 1. The molecule has 0 aliphatic rings. The van der Waals surface area contributed by atoms with E-state index in [9.17, 15) is 22.4 Å². The molecule has 32 heavy (non-hydrogen) atoms. The van der Waals surface area contributed by atoms with E-state index in [4.69, 9.17) is 23.2 Å². The van der Waals surface area contributed by atoms with Crippen LogP contribution in [-0.2, 0) is 26.2 Å². The minimum atomic E-state index is -3.92. The number of hydrogen-bond acceptors (Lipinski definition) is 4. The van der Waals surface area contributed by atoms with Crippen LogP contribution in [0, 0.1) is 5.82 Å². The Bertz CT molecular complexity index is 1080. The number of carbonyl (C=O) groups is 2. The lowest BCUT2D eigenvalue weighted by Crippen LogP contribution is -2.51. The molecule has 0 bridgehead atoms. The van der Waals surface area contributed by atoms with E-state index in [1.807, 2.05) is 0 Å². The number of amides is 2. The van der Waals surface area contributed by atoms with Gasteiger partial charge in [-0.05, 0) is 38.1 Å². The lowest BCUT2D eigenvalue weighted by molar-refractivity contribution is -0.139. The molecule has 0 aliphatic carbocycles. The number of carbonyl (C=O) groups excluding carboxylic acids is 2. The summed E-state index contributed by atoms with van der Waals surface area (Å²) < 4.78 is 40.0. The Hall–Kier alpha value is -2.36. The fourth-order valence-corrected chi connectivity index (χ4v) is 4.36. The summed E-state index contributed by atoms with van der Waals surface area (Å²) in [4.78, 5) is 26.8. The Balaban J connectivity index is 2.43. The third kappa shape index (κ3) is 6.82. The molecule has 2 aromatic carbocycles. The van der Waals surface area contributed by atoms with Gasteiger partial charge in [-0.2, -0.15) is 0 Å². The van der Waals surface area contributed by atoms with E-state index in [2.05, 4.69) is 5.32 Å². The van der Waals surface area contributed by atoms with E-state index in [0.29, 0.717) is 6.54 Å². The first-order valence-electron chi connectivity index (χ1n) is 9.68. The summed E-state index contributed by atoms with van der Waals surface area (Å²) in [6.45, 7) is 2.69. The van der Waals surface area contributed by atoms with Gasteiger partial charge >= 0.3 is 0 Å². The van der Waals surface area contributed by atoms with Crippen LogP contribution in [0.3, 0.4) is 0 Å². The van der Waals surface area contributed by atoms with Gasteiger partial charge in [-0.3, -0.25) is 13.9 Å². The zero-order chi connectivity index (χ0) is 24.1. The Morgan fingerprint density at radius 3 is 2.25 bits per heavy atom. The zero-order valence-electron chi connectivity index (χ0n) is 17.8. The van der Waals surface area contributed by atoms with Gasteiger partial charge in [-0.15, -0.1) is 0 Å². The number of hydrogen-bond donors (Lipinski definition) is 1. The lowest BCUT2D eigenvalue weighted by Gasteiger charge is -2.31. The molecule has 1 unspecified atom stereocenters. The number of benzene rings is 2. The van der Waals surface area contributed by atoms with E-state index in [0.717, 1.165) is 15.5 Å². The van der Waals surface area contributed by atoms with Crippen LogP contribution < -0.4 is 9.62 Å². The first-order chi connectivity index (χ1) is 14.9. The predicted octanol–water partition coefficient (Wildman–Crippen LogP) is 3.45. The first-order valence-corrected chi connectivity index (χ1v) is 12.3. The highest BCUT2D eigenvalue weighted by atomic mass is 35.5. The first kappa shape index (κ1) is 25.9. The Morgan fingerprint density at radius 1 is 1.12 bits per heavy atom. The SMILES string of the molecule is CCNC(=O)C(C)N(Cc1ccccc1F)C(=O)CN(c1cc(Cl)cc(Cl)c1)S(C)(=O)=O. The second-order valence-electron chi connectivity index (χ2n) is 7.08. The smallest absolute Gasteiger partial charge is 0.244 e. The van der Waals surface area contributed by atoms with Crippen molar-refractivity contribution in [2.45, 2.75) is 26.4 Å². The molecule has 0 saturated carbocycles. The molecule has 0 fully saturated rings.